The van der Waals surface area contributed by atoms with Gasteiger partial charge in [0.1, 0.15) is 6.10 Å². The summed E-state index contributed by atoms with van der Waals surface area (Å²) >= 11 is 0. The monoisotopic (exact) mass is 580 g/mol. The van der Waals surface area contributed by atoms with E-state index in [-0.39, 0.29) is 36.0 Å². The molecule has 7 N–H and O–H groups in total. The number of carbonyl (C=O) groups is 2. The van der Waals surface area contributed by atoms with Gasteiger partial charge in [-0.1, -0.05) is 97.1 Å². The minimum atomic E-state index is -0.866. The van der Waals surface area contributed by atoms with E-state index in [0.717, 1.165) is 24.8 Å². The number of hydrogen-bond donors (Lipinski definition) is 5. The second-order valence-corrected chi connectivity index (χ2v) is 11.2. The van der Waals surface area contributed by atoms with Gasteiger partial charge in [-0.25, -0.2) is 4.79 Å². The minimum Gasteiger partial charge on any atom is -0.446 e. The average molecular weight is 581 g/mol. The molecule has 0 saturated heterocycles. The van der Waals surface area contributed by atoms with Crippen molar-refractivity contribution in [3.63, 3.8) is 0 Å². The summed E-state index contributed by atoms with van der Waals surface area (Å²) in [5, 5.41) is 31.7. The molecular weight excluding hydrogens is 520 g/mol. The Labute approximate surface area is 249 Å². The Hall–Kier alpha value is -2.42. The summed E-state index contributed by atoms with van der Waals surface area (Å²) in [6.45, 7) is 19.3. The van der Waals surface area contributed by atoms with Crippen LogP contribution in [0.3, 0.4) is 0 Å². The first-order valence-electron chi connectivity index (χ1n) is 15.1. The van der Waals surface area contributed by atoms with Crippen LogP contribution in [0.1, 0.15) is 93.9 Å². The third-order valence-corrected chi connectivity index (χ3v) is 7.42. The van der Waals surface area contributed by atoms with Gasteiger partial charge in [0.15, 0.2) is 0 Å². The Morgan fingerprint density at radius 1 is 0.902 bits per heavy atom. The summed E-state index contributed by atoms with van der Waals surface area (Å²) in [4.78, 5) is 22.3. The van der Waals surface area contributed by atoms with E-state index in [1.54, 1.807) is 12.2 Å². The molecule has 8 heteroatoms. The van der Waals surface area contributed by atoms with Crippen molar-refractivity contribution in [2.75, 3.05) is 0 Å². The predicted molar refractivity (Wildman–Crippen MR) is 169 cm³/mol. The fraction of sp³-hybridized carbons (Fsp3) is 0.697. The molecular formula is C33H60N2O6. The fourth-order valence-electron chi connectivity index (χ4n) is 4.87. The summed E-state index contributed by atoms with van der Waals surface area (Å²) in [6, 6.07) is 0. The summed E-state index contributed by atoms with van der Waals surface area (Å²) < 4.78 is 5.25. The third kappa shape index (κ3) is 18.6. The lowest BCUT2D eigenvalue weighted by molar-refractivity contribution is -0.120. The molecule has 0 aliphatic carbocycles. The third-order valence-electron chi connectivity index (χ3n) is 7.42. The van der Waals surface area contributed by atoms with Crippen molar-refractivity contribution in [2.45, 2.75) is 118 Å². The number of amides is 2. The molecule has 0 aromatic heterocycles. The molecule has 0 fully saturated rings. The van der Waals surface area contributed by atoms with Crippen LogP contribution >= 0.6 is 0 Å². The summed E-state index contributed by atoms with van der Waals surface area (Å²) in [5.74, 6) is -1.03. The van der Waals surface area contributed by atoms with Gasteiger partial charge in [0, 0.05) is 24.2 Å². The highest BCUT2D eigenvalue weighted by Gasteiger charge is 2.30. The number of aliphatic hydroxyl groups excluding tert-OH is 3. The van der Waals surface area contributed by atoms with Crippen molar-refractivity contribution < 1.29 is 29.6 Å². The molecule has 2 amide bonds. The summed E-state index contributed by atoms with van der Waals surface area (Å²) in [5.41, 5.74) is 11.4. The number of nitrogens with two attached hydrogens (primary N) is 2. The van der Waals surface area contributed by atoms with Gasteiger partial charge in [0.05, 0.1) is 24.7 Å². The molecule has 0 aromatic carbocycles. The molecule has 0 saturated carbocycles. The van der Waals surface area contributed by atoms with E-state index in [1.165, 1.54) is 0 Å². The largest absolute Gasteiger partial charge is 0.446 e. The predicted octanol–water partition coefficient (Wildman–Crippen LogP) is 5.81. The Morgan fingerprint density at radius 3 is 2.05 bits per heavy atom. The SMILES string of the molecule is C=C/C=C\CC(OC(N)=O)C(C)C(O)C(C)C/C(C)=C\C(C)C(O)C(C)/C=C\CCCC(C)C(O)CC(N)=O.CC. The van der Waals surface area contributed by atoms with Crippen LogP contribution in [-0.4, -0.2) is 51.7 Å². The normalized spacial score (nSPS) is 18.8. The number of ether oxygens (including phenoxy) is 1. The molecule has 0 aliphatic heterocycles. The molecule has 0 heterocycles. The molecule has 9 atom stereocenters. The van der Waals surface area contributed by atoms with Gasteiger partial charge in [0.25, 0.3) is 0 Å². The molecule has 0 bridgehead atoms. The Bertz CT molecular complexity index is 825. The number of aliphatic hydroxyl groups is 3. The number of carbonyl (C=O) groups excluding carboxylic acids is 2. The van der Waals surface area contributed by atoms with Crippen LogP contribution < -0.4 is 11.5 Å². The van der Waals surface area contributed by atoms with Crippen LogP contribution in [-0.2, 0) is 9.53 Å². The van der Waals surface area contributed by atoms with Crippen LogP contribution in [0.4, 0.5) is 4.79 Å². The first-order valence-corrected chi connectivity index (χ1v) is 15.1. The molecule has 0 aliphatic rings. The zero-order valence-corrected chi connectivity index (χ0v) is 26.8. The van der Waals surface area contributed by atoms with Gasteiger partial charge in [-0.15, -0.1) is 0 Å². The van der Waals surface area contributed by atoms with E-state index < -0.39 is 36.4 Å². The van der Waals surface area contributed by atoms with Crippen molar-refractivity contribution in [3.05, 3.63) is 48.6 Å². The molecule has 9 unspecified atom stereocenters. The highest BCUT2D eigenvalue weighted by atomic mass is 16.6. The van der Waals surface area contributed by atoms with Crippen LogP contribution in [0.2, 0.25) is 0 Å². The van der Waals surface area contributed by atoms with E-state index in [1.807, 2.05) is 67.5 Å². The second-order valence-electron chi connectivity index (χ2n) is 11.2. The van der Waals surface area contributed by atoms with Gasteiger partial charge < -0.3 is 31.5 Å². The second kappa shape index (κ2) is 23.2. The highest BCUT2D eigenvalue weighted by Crippen LogP contribution is 2.27. The zero-order valence-electron chi connectivity index (χ0n) is 26.8. The van der Waals surface area contributed by atoms with Crippen molar-refractivity contribution >= 4 is 12.0 Å². The Kier molecular flexibility index (Phi) is 23.0. The molecule has 0 radical (unpaired) electrons. The lowest BCUT2D eigenvalue weighted by Crippen LogP contribution is -2.37. The van der Waals surface area contributed by atoms with Crippen molar-refractivity contribution in [1.29, 1.82) is 0 Å². The number of allylic oxidation sites excluding steroid dienone is 4. The molecule has 0 rings (SSSR count). The van der Waals surface area contributed by atoms with E-state index in [0.29, 0.717) is 12.8 Å². The van der Waals surface area contributed by atoms with Gasteiger partial charge in [-0.2, -0.15) is 0 Å². The van der Waals surface area contributed by atoms with E-state index >= 15 is 0 Å². The standard InChI is InChI=1S/C31H54N2O6.C2H6/c1-8-9-11-16-27(39-31(33)38)25(7)30(37)24(6)18-20(2)17-23(5)29(36)22(4)15-13-10-12-14-21(3)26(34)19-28(32)35;1-2/h8-9,11,13,15,17,21-27,29-30,34,36-37H,1,10,12,14,16,18-19H2,2-7H3,(H2,32,35)(H2,33,38);1-2H3/b11-9-,15-13-,20-17-;. The lowest BCUT2D eigenvalue weighted by atomic mass is 9.83. The maximum absolute atomic E-state index is 11.4. The van der Waals surface area contributed by atoms with E-state index in [2.05, 4.69) is 18.7 Å². The maximum atomic E-state index is 11.4. The lowest BCUT2D eigenvalue weighted by Gasteiger charge is -2.30. The van der Waals surface area contributed by atoms with Crippen molar-refractivity contribution in [2.24, 2.45) is 41.1 Å². The van der Waals surface area contributed by atoms with Crippen molar-refractivity contribution in [3.8, 4) is 0 Å². The zero-order chi connectivity index (χ0) is 32.1. The topological polar surface area (TPSA) is 156 Å². The minimum absolute atomic E-state index is 0.00149. The number of unbranched alkanes of at least 4 members (excludes halogenated alkanes) is 1. The van der Waals surface area contributed by atoms with Crippen LogP contribution in [0, 0.1) is 29.6 Å². The first kappa shape index (κ1) is 40.7. The van der Waals surface area contributed by atoms with Gasteiger partial charge >= 0.3 is 6.09 Å². The van der Waals surface area contributed by atoms with Gasteiger partial charge in [-0.3, -0.25) is 4.79 Å². The average Bonchev–Trinajstić information content (AvgIpc) is 2.91. The van der Waals surface area contributed by atoms with E-state index in [9.17, 15) is 24.9 Å². The van der Waals surface area contributed by atoms with Crippen LogP contribution in [0.25, 0.3) is 0 Å². The smallest absolute Gasteiger partial charge is 0.404 e. The molecule has 8 nitrogen and oxygen atoms in total. The quantitative estimate of drug-likeness (QED) is 0.0695. The van der Waals surface area contributed by atoms with Crippen LogP contribution in [0.15, 0.2) is 48.6 Å². The number of primary amides is 2. The first-order chi connectivity index (χ1) is 19.2. The molecule has 238 valence electrons. The van der Waals surface area contributed by atoms with E-state index in [4.69, 9.17) is 16.2 Å². The number of rotatable bonds is 20. The summed E-state index contributed by atoms with van der Waals surface area (Å²) in [7, 11) is 0. The highest BCUT2D eigenvalue weighted by molar-refractivity contribution is 5.74. The van der Waals surface area contributed by atoms with Crippen molar-refractivity contribution in [1.82, 2.24) is 0 Å². The molecule has 0 aromatic rings. The Morgan fingerprint density at radius 2 is 1.51 bits per heavy atom. The maximum Gasteiger partial charge on any atom is 0.404 e. The number of hydrogen-bond acceptors (Lipinski definition) is 6. The van der Waals surface area contributed by atoms with Gasteiger partial charge in [-0.05, 0) is 44.4 Å². The molecule has 0 spiro atoms. The fourth-order valence-corrected chi connectivity index (χ4v) is 4.87. The van der Waals surface area contributed by atoms with Crippen LogP contribution in [0.5, 0.6) is 0 Å². The summed E-state index contributed by atoms with van der Waals surface area (Å²) in [6.07, 6.45) is 11.5. The van der Waals surface area contributed by atoms with Gasteiger partial charge in [0.2, 0.25) is 5.91 Å². The molecule has 41 heavy (non-hydrogen) atoms. The Balaban J connectivity index is 0.